The van der Waals surface area contributed by atoms with Gasteiger partial charge in [-0.2, -0.15) is 0 Å². The van der Waals surface area contributed by atoms with Crippen LogP contribution < -0.4 is 5.73 Å². The van der Waals surface area contributed by atoms with Crippen molar-refractivity contribution in [3.05, 3.63) is 48.5 Å². The Labute approximate surface area is 105 Å². The van der Waals surface area contributed by atoms with Crippen LogP contribution in [0.2, 0.25) is 0 Å². The number of nitrogens with zero attached hydrogens (tertiary/aromatic N) is 1. The van der Waals surface area contributed by atoms with Gasteiger partial charge in [-0.05, 0) is 12.1 Å². The number of aromatic nitrogens is 1. The van der Waals surface area contributed by atoms with Gasteiger partial charge in [0.2, 0.25) is 0 Å². The Morgan fingerprint density at radius 1 is 0.944 bits per heavy atom. The second-order valence-electron chi connectivity index (χ2n) is 4.53. The van der Waals surface area contributed by atoms with Gasteiger partial charge in [0, 0.05) is 28.4 Å². The van der Waals surface area contributed by atoms with Gasteiger partial charge >= 0.3 is 0 Å². The SMILES string of the molecule is NC[C@H](O)Cn1c2ccccc2c2ccccc21. The van der Waals surface area contributed by atoms with Crippen LogP contribution in [0.5, 0.6) is 0 Å². The molecule has 0 unspecified atom stereocenters. The number of para-hydroxylation sites is 2. The summed E-state index contributed by atoms with van der Waals surface area (Å²) in [5, 5.41) is 12.2. The average molecular weight is 240 g/mol. The summed E-state index contributed by atoms with van der Waals surface area (Å²) < 4.78 is 2.14. The largest absolute Gasteiger partial charge is 0.390 e. The first kappa shape index (κ1) is 11.3. The topological polar surface area (TPSA) is 51.2 Å². The summed E-state index contributed by atoms with van der Waals surface area (Å²) >= 11 is 0. The molecule has 0 spiro atoms. The third-order valence-electron chi connectivity index (χ3n) is 3.35. The lowest BCUT2D eigenvalue weighted by atomic mass is 10.2. The van der Waals surface area contributed by atoms with E-state index in [1.807, 2.05) is 24.3 Å². The van der Waals surface area contributed by atoms with E-state index in [0.29, 0.717) is 6.54 Å². The Morgan fingerprint density at radius 3 is 1.94 bits per heavy atom. The lowest BCUT2D eigenvalue weighted by molar-refractivity contribution is 0.165. The standard InChI is InChI=1S/C15H16N2O/c16-9-11(18)10-17-14-7-3-1-5-12(14)13-6-2-4-8-15(13)17/h1-8,11,18H,9-10,16H2/t11-/m0/s1. The molecule has 3 N–H and O–H groups in total. The second-order valence-corrected chi connectivity index (χ2v) is 4.53. The van der Waals surface area contributed by atoms with Crippen LogP contribution in [0.3, 0.4) is 0 Å². The highest BCUT2D eigenvalue weighted by atomic mass is 16.3. The Kier molecular flexibility index (Phi) is 2.78. The molecule has 18 heavy (non-hydrogen) atoms. The lowest BCUT2D eigenvalue weighted by Gasteiger charge is -2.11. The molecule has 0 fully saturated rings. The first-order chi connectivity index (χ1) is 8.81. The fraction of sp³-hybridized carbons (Fsp3) is 0.200. The molecule has 0 radical (unpaired) electrons. The summed E-state index contributed by atoms with van der Waals surface area (Å²) in [4.78, 5) is 0. The molecule has 1 atom stereocenters. The molecule has 0 aliphatic carbocycles. The molecule has 1 heterocycles. The van der Waals surface area contributed by atoms with Crippen LogP contribution in [0.25, 0.3) is 21.8 Å². The summed E-state index contributed by atoms with van der Waals surface area (Å²) in [7, 11) is 0. The average Bonchev–Trinajstić information content (AvgIpc) is 2.74. The zero-order valence-corrected chi connectivity index (χ0v) is 10.1. The summed E-state index contributed by atoms with van der Waals surface area (Å²) in [6, 6.07) is 16.5. The molecule has 3 rings (SSSR count). The molecular weight excluding hydrogens is 224 g/mol. The smallest absolute Gasteiger partial charge is 0.0841 e. The maximum atomic E-state index is 9.80. The van der Waals surface area contributed by atoms with Crippen LogP contribution >= 0.6 is 0 Å². The van der Waals surface area contributed by atoms with Gasteiger partial charge in [0.25, 0.3) is 0 Å². The Hall–Kier alpha value is -1.84. The minimum absolute atomic E-state index is 0.279. The molecule has 0 aliphatic rings. The van der Waals surface area contributed by atoms with Crippen molar-refractivity contribution in [2.75, 3.05) is 6.54 Å². The molecule has 0 amide bonds. The van der Waals surface area contributed by atoms with Crippen molar-refractivity contribution in [3.8, 4) is 0 Å². The van der Waals surface area contributed by atoms with Gasteiger partial charge in [-0.15, -0.1) is 0 Å². The van der Waals surface area contributed by atoms with Crippen LogP contribution in [0.1, 0.15) is 0 Å². The predicted molar refractivity (Wildman–Crippen MR) is 74.5 cm³/mol. The van der Waals surface area contributed by atoms with Crippen molar-refractivity contribution < 1.29 is 5.11 Å². The van der Waals surface area contributed by atoms with Gasteiger partial charge in [0.15, 0.2) is 0 Å². The maximum absolute atomic E-state index is 9.80. The minimum atomic E-state index is -0.510. The number of rotatable bonds is 3. The molecule has 0 bridgehead atoms. The highest BCUT2D eigenvalue weighted by Crippen LogP contribution is 2.28. The predicted octanol–water partition coefficient (Wildman–Crippen LogP) is 2.11. The van der Waals surface area contributed by atoms with Crippen molar-refractivity contribution in [2.24, 2.45) is 5.73 Å². The van der Waals surface area contributed by atoms with Crippen LogP contribution in [0.15, 0.2) is 48.5 Å². The van der Waals surface area contributed by atoms with E-state index < -0.39 is 6.10 Å². The van der Waals surface area contributed by atoms with E-state index in [1.54, 1.807) is 0 Å². The molecule has 0 saturated heterocycles. The maximum Gasteiger partial charge on any atom is 0.0841 e. The number of aliphatic hydroxyl groups excluding tert-OH is 1. The van der Waals surface area contributed by atoms with Gasteiger partial charge in [-0.3, -0.25) is 0 Å². The molecule has 3 nitrogen and oxygen atoms in total. The van der Waals surface area contributed by atoms with Crippen LogP contribution in [0.4, 0.5) is 0 Å². The van der Waals surface area contributed by atoms with Crippen molar-refractivity contribution in [2.45, 2.75) is 12.6 Å². The molecule has 0 aliphatic heterocycles. The second kappa shape index (κ2) is 4.44. The van der Waals surface area contributed by atoms with Gasteiger partial charge < -0.3 is 15.4 Å². The zero-order chi connectivity index (χ0) is 12.5. The highest BCUT2D eigenvalue weighted by molar-refractivity contribution is 6.07. The highest BCUT2D eigenvalue weighted by Gasteiger charge is 2.11. The number of hydrogen-bond acceptors (Lipinski definition) is 2. The van der Waals surface area contributed by atoms with E-state index in [2.05, 4.69) is 28.8 Å². The molecule has 3 heteroatoms. The molecular formula is C15H16N2O. The van der Waals surface area contributed by atoms with Crippen molar-refractivity contribution in [1.82, 2.24) is 4.57 Å². The lowest BCUT2D eigenvalue weighted by Crippen LogP contribution is -2.25. The Balaban J connectivity index is 2.31. The van der Waals surface area contributed by atoms with E-state index in [9.17, 15) is 5.11 Å². The monoisotopic (exact) mass is 240 g/mol. The fourth-order valence-corrected chi connectivity index (χ4v) is 2.49. The summed E-state index contributed by atoms with van der Waals surface area (Å²) in [6.45, 7) is 0.811. The van der Waals surface area contributed by atoms with Crippen LogP contribution in [0, 0.1) is 0 Å². The zero-order valence-electron chi connectivity index (χ0n) is 10.1. The van der Waals surface area contributed by atoms with Crippen LogP contribution in [-0.4, -0.2) is 22.3 Å². The van der Waals surface area contributed by atoms with Gasteiger partial charge in [-0.1, -0.05) is 36.4 Å². The number of hydrogen-bond donors (Lipinski definition) is 2. The molecule has 92 valence electrons. The Bertz CT molecular complexity index is 634. The normalized spacial score (nSPS) is 13.2. The third kappa shape index (κ3) is 1.68. The minimum Gasteiger partial charge on any atom is -0.390 e. The first-order valence-corrected chi connectivity index (χ1v) is 6.15. The third-order valence-corrected chi connectivity index (χ3v) is 3.35. The van der Waals surface area contributed by atoms with Gasteiger partial charge in [0.1, 0.15) is 0 Å². The van der Waals surface area contributed by atoms with E-state index in [0.717, 1.165) is 11.0 Å². The molecule has 3 aromatic rings. The molecule has 2 aromatic carbocycles. The van der Waals surface area contributed by atoms with Gasteiger partial charge in [0.05, 0.1) is 12.6 Å². The first-order valence-electron chi connectivity index (χ1n) is 6.15. The van der Waals surface area contributed by atoms with E-state index >= 15 is 0 Å². The Morgan fingerprint density at radius 2 is 1.44 bits per heavy atom. The summed E-state index contributed by atoms with van der Waals surface area (Å²) in [6.07, 6.45) is -0.510. The number of benzene rings is 2. The van der Waals surface area contributed by atoms with Crippen molar-refractivity contribution in [1.29, 1.82) is 0 Å². The van der Waals surface area contributed by atoms with Crippen LogP contribution in [-0.2, 0) is 6.54 Å². The summed E-state index contributed by atoms with van der Waals surface area (Å²) in [5.74, 6) is 0. The molecule has 0 saturated carbocycles. The van der Waals surface area contributed by atoms with E-state index in [4.69, 9.17) is 5.73 Å². The van der Waals surface area contributed by atoms with E-state index in [1.165, 1.54) is 10.8 Å². The quantitative estimate of drug-likeness (QED) is 0.736. The number of nitrogens with two attached hydrogens (primary N) is 1. The summed E-state index contributed by atoms with van der Waals surface area (Å²) in [5.41, 5.74) is 7.80. The van der Waals surface area contributed by atoms with Crippen molar-refractivity contribution >= 4 is 21.8 Å². The number of aliphatic hydroxyl groups is 1. The van der Waals surface area contributed by atoms with Crippen molar-refractivity contribution in [3.63, 3.8) is 0 Å². The fourth-order valence-electron chi connectivity index (χ4n) is 2.49. The van der Waals surface area contributed by atoms with Gasteiger partial charge in [-0.25, -0.2) is 0 Å². The van der Waals surface area contributed by atoms with E-state index in [-0.39, 0.29) is 6.54 Å². The molecule has 1 aromatic heterocycles. The number of fused-ring (bicyclic) bond motifs is 3.